The standard InChI is InChI=1S/C12H17NO2.BrH/c1-3-13(4-2)11(12(14)15)10-8-6-5-7-9-10;/h5-9,11H,3-4H2,1-2H3,(H,14,15);1H. The van der Waals surface area contributed by atoms with Crippen molar-refractivity contribution in [2.75, 3.05) is 13.1 Å². The number of carboxylic acid groups (broad SMARTS) is 1. The van der Waals surface area contributed by atoms with Crippen molar-refractivity contribution in [1.29, 1.82) is 0 Å². The van der Waals surface area contributed by atoms with Gasteiger partial charge in [-0.25, -0.2) is 0 Å². The van der Waals surface area contributed by atoms with Gasteiger partial charge in [0, 0.05) is 0 Å². The minimum atomic E-state index is -0.787. The molecule has 0 saturated heterocycles. The van der Waals surface area contributed by atoms with E-state index < -0.39 is 12.0 Å². The summed E-state index contributed by atoms with van der Waals surface area (Å²) >= 11 is 0. The van der Waals surface area contributed by atoms with Gasteiger partial charge in [-0.1, -0.05) is 44.2 Å². The maximum absolute atomic E-state index is 11.2. The quantitative estimate of drug-likeness (QED) is 0.905. The molecule has 0 aliphatic rings. The third kappa shape index (κ3) is 3.61. The Morgan fingerprint density at radius 3 is 2.12 bits per heavy atom. The summed E-state index contributed by atoms with van der Waals surface area (Å²) in [5, 5.41) is 9.22. The van der Waals surface area contributed by atoms with Crippen LogP contribution >= 0.6 is 17.0 Å². The zero-order valence-electron chi connectivity index (χ0n) is 9.59. The molecule has 0 heterocycles. The summed E-state index contributed by atoms with van der Waals surface area (Å²) in [5.41, 5.74) is 0.841. The van der Waals surface area contributed by atoms with Crippen molar-refractivity contribution in [2.24, 2.45) is 0 Å². The first-order chi connectivity index (χ1) is 7.20. The van der Waals surface area contributed by atoms with Crippen LogP contribution in [0.3, 0.4) is 0 Å². The van der Waals surface area contributed by atoms with Crippen molar-refractivity contribution in [3.63, 3.8) is 0 Å². The molecule has 3 nitrogen and oxygen atoms in total. The summed E-state index contributed by atoms with van der Waals surface area (Å²) in [4.78, 5) is 13.1. The smallest absolute Gasteiger partial charge is 0.325 e. The third-order valence-corrected chi connectivity index (χ3v) is 2.53. The first-order valence-electron chi connectivity index (χ1n) is 5.22. The van der Waals surface area contributed by atoms with Crippen LogP contribution in [-0.2, 0) is 4.79 Å². The number of carbonyl (C=O) groups is 1. The van der Waals surface area contributed by atoms with E-state index >= 15 is 0 Å². The second-order valence-electron chi connectivity index (χ2n) is 3.37. The fraction of sp³-hybridized carbons (Fsp3) is 0.417. The summed E-state index contributed by atoms with van der Waals surface area (Å²) in [6.07, 6.45) is 0. The molecule has 4 heteroatoms. The first-order valence-corrected chi connectivity index (χ1v) is 5.22. The molecule has 0 saturated carbocycles. The SMILES string of the molecule is Br.CCN(CC)C(C(=O)O)c1ccccc1. The van der Waals surface area contributed by atoms with Crippen molar-refractivity contribution in [3.05, 3.63) is 35.9 Å². The molecule has 0 spiro atoms. The zero-order valence-corrected chi connectivity index (χ0v) is 11.3. The van der Waals surface area contributed by atoms with Gasteiger partial charge in [0.2, 0.25) is 0 Å². The minimum Gasteiger partial charge on any atom is -0.480 e. The average Bonchev–Trinajstić information content (AvgIpc) is 2.26. The van der Waals surface area contributed by atoms with E-state index in [2.05, 4.69) is 0 Å². The van der Waals surface area contributed by atoms with Crippen molar-refractivity contribution < 1.29 is 9.90 Å². The fourth-order valence-corrected chi connectivity index (χ4v) is 1.73. The lowest BCUT2D eigenvalue weighted by molar-refractivity contribution is -0.143. The number of rotatable bonds is 5. The number of benzene rings is 1. The molecule has 0 amide bonds. The number of hydrogen-bond acceptors (Lipinski definition) is 2. The third-order valence-electron chi connectivity index (χ3n) is 2.53. The highest BCUT2D eigenvalue weighted by Crippen LogP contribution is 2.20. The number of nitrogens with zero attached hydrogens (tertiary/aromatic N) is 1. The van der Waals surface area contributed by atoms with Gasteiger partial charge in [0.15, 0.2) is 0 Å². The zero-order chi connectivity index (χ0) is 11.3. The Hall–Kier alpha value is -0.870. The predicted molar refractivity (Wildman–Crippen MR) is 70.1 cm³/mol. The Balaban J connectivity index is 0.00000225. The highest BCUT2D eigenvalue weighted by molar-refractivity contribution is 8.93. The van der Waals surface area contributed by atoms with Gasteiger partial charge in [-0.15, -0.1) is 17.0 Å². The van der Waals surface area contributed by atoms with E-state index in [0.717, 1.165) is 18.7 Å². The molecule has 1 aromatic rings. The van der Waals surface area contributed by atoms with E-state index in [9.17, 15) is 9.90 Å². The van der Waals surface area contributed by atoms with Gasteiger partial charge in [0.25, 0.3) is 0 Å². The van der Waals surface area contributed by atoms with E-state index in [0.29, 0.717) is 0 Å². The number of carboxylic acids is 1. The summed E-state index contributed by atoms with van der Waals surface area (Å²) in [6.45, 7) is 5.43. The van der Waals surface area contributed by atoms with E-state index in [1.807, 2.05) is 49.1 Å². The number of hydrogen-bond donors (Lipinski definition) is 1. The van der Waals surface area contributed by atoms with E-state index in [1.54, 1.807) is 0 Å². The van der Waals surface area contributed by atoms with Crippen LogP contribution < -0.4 is 0 Å². The highest BCUT2D eigenvalue weighted by atomic mass is 79.9. The predicted octanol–water partition coefficient (Wildman–Crippen LogP) is 2.73. The van der Waals surface area contributed by atoms with Gasteiger partial charge in [-0.05, 0) is 18.7 Å². The Morgan fingerprint density at radius 2 is 1.75 bits per heavy atom. The Morgan fingerprint density at radius 1 is 1.25 bits per heavy atom. The second-order valence-corrected chi connectivity index (χ2v) is 3.37. The van der Waals surface area contributed by atoms with Crippen molar-refractivity contribution in [2.45, 2.75) is 19.9 Å². The fourth-order valence-electron chi connectivity index (χ4n) is 1.73. The minimum absolute atomic E-state index is 0. The molecule has 0 aliphatic heterocycles. The van der Waals surface area contributed by atoms with Gasteiger partial charge in [0.05, 0.1) is 0 Å². The average molecular weight is 288 g/mol. The molecule has 1 unspecified atom stereocenters. The lowest BCUT2D eigenvalue weighted by Crippen LogP contribution is -2.33. The number of aliphatic carboxylic acids is 1. The molecular weight excluding hydrogens is 270 g/mol. The van der Waals surface area contributed by atoms with E-state index in [4.69, 9.17) is 0 Å². The lowest BCUT2D eigenvalue weighted by atomic mass is 10.1. The molecule has 0 aliphatic carbocycles. The van der Waals surface area contributed by atoms with Crippen molar-refractivity contribution >= 4 is 23.0 Å². The van der Waals surface area contributed by atoms with Crippen LogP contribution in [0.5, 0.6) is 0 Å². The summed E-state index contributed by atoms with van der Waals surface area (Å²) in [6, 6.07) is 8.82. The van der Waals surface area contributed by atoms with Gasteiger partial charge in [0.1, 0.15) is 6.04 Å². The molecule has 90 valence electrons. The summed E-state index contributed by atoms with van der Waals surface area (Å²) < 4.78 is 0. The second kappa shape index (κ2) is 7.41. The maximum atomic E-state index is 11.2. The molecule has 0 aromatic heterocycles. The molecule has 16 heavy (non-hydrogen) atoms. The van der Waals surface area contributed by atoms with Crippen LogP contribution in [0.2, 0.25) is 0 Å². The van der Waals surface area contributed by atoms with Crippen LogP contribution in [0.1, 0.15) is 25.5 Å². The van der Waals surface area contributed by atoms with Crippen LogP contribution in [0.4, 0.5) is 0 Å². The lowest BCUT2D eigenvalue weighted by Gasteiger charge is -2.26. The van der Waals surface area contributed by atoms with Crippen molar-refractivity contribution in [3.8, 4) is 0 Å². The maximum Gasteiger partial charge on any atom is 0.325 e. The molecule has 0 fully saturated rings. The number of likely N-dealkylation sites (N-methyl/N-ethyl adjacent to an activating group) is 1. The summed E-state index contributed by atoms with van der Waals surface area (Å²) in [5.74, 6) is -0.787. The molecule has 1 N–H and O–H groups in total. The van der Waals surface area contributed by atoms with Gasteiger partial charge in [-0.2, -0.15) is 0 Å². The van der Waals surface area contributed by atoms with Crippen LogP contribution in [0.25, 0.3) is 0 Å². The Bertz CT molecular complexity index is 312. The molecule has 1 rings (SSSR count). The first kappa shape index (κ1) is 15.1. The Kier molecular flexibility index (Phi) is 7.01. The van der Waals surface area contributed by atoms with Crippen LogP contribution in [-0.4, -0.2) is 29.1 Å². The monoisotopic (exact) mass is 287 g/mol. The van der Waals surface area contributed by atoms with Gasteiger partial charge >= 0.3 is 5.97 Å². The Labute approximate surface area is 107 Å². The molecule has 0 bridgehead atoms. The topological polar surface area (TPSA) is 40.5 Å². The molecule has 1 aromatic carbocycles. The molecule has 0 radical (unpaired) electrons. The largest absolute Gasteiger partial charge is 0.480 e. The molecular formula is C12H18BrNO2. The van der Waals surface area contributed by atoms with Crippen LogP contribution in [0, 0.1) is 0 Å². The van der Waals surface area contributed by atoms with Gasteiger partial charge in [-0.3, -0.25) is 9.69 Å². The van der Waals surface area contributed by atoms with Crippen molar-refractivity contribution in [1.82, 2.24) is 4.90 Å². The highest BCUT2D eigenvalue weighted by Gasteiger charge is 2.24. The number of halogens is 1. The van der Waals surface area contributed by atoms with Gasteiger partial charge < -0.3 is 5.11 Å². The summed E-state index contributed by atoms with van der Waals surface area (Å²) in [7, 11) is 0. The van der Waals surface area contributed by atoms with E-state index in [1.165, 1.54) is 0 Å². The normalized spacial score (nSPS) is 11.9. The molecule has 1 atom stereocenters. The van der Waals surface area contributed by atoms with Crippen LogP contribution in [0.15, 0.2) is 30.3 Å². The van der Waals surface area contributed by atoms with E-state index in [-0.39, 0.29) is 17.0 Å².